The Morgan fingerprint density at radius 2 is 1.92 bits per heavy atom. The molecule has 0 aromatic rings. The summed E-state index contributed by atoms with van der Waals surface area (Å²) in [4.78, 5) is 26.2. The van der Waals surface area contributed by atoms with Gasteiger partial charge in [0, 0.05) is 17.9 Å². The van der Waals surface area contributed by atoms with Crippen molar-refractivity contribution in [2.75, 3.05) is 13.2 Å². The molecule has 3 N–H and O–H groups in total. The van der Waals surface area contributed by atoms with Gasteiger partial charge >= 0.3 is 5.97 Å². The number of esters is 1. The number of cyclic esters (lactones) is 1. The first-order valence-corrected chi connectivity index (χ1v) is 9.16. The Labute approximate surface area is 147 Å². The number of amides is 1. The number of nitrogens with one attached hydrogen (secondary N) is 3. The highest BCUT2D eigenvalue weighted by atomic mass is 16.5. The molecular weight excluding hydrogens is 324 g/mol. The number of carbonyl (C=O) groups excluding carboxylic acids is 2. The topological polar surface area (TPSA) is 148 Å². The molecule has 0 aromatic carbocycles. The number of nitrogens with zero attached hydrogens (tertiary/aromatic N) is 3. The van der Waals surface area contributed by atoms with Crippen LogP contribution in [0.25, 0.3) is 10.4 Å². The third kappa shape index (κ3) is 7.29. The normalized spacial score (nSPS) is 20.6. The van der Waals surface area contributed by atoms with Crippen LogP contribution in [-0.2, 0) is 14.3 Å². The summed E-state index contributed by atoms with van der Waals surface area (Å²) < 4.78 is 4.85. The van der Waals surface area contributed by atoms with E-state index in [4.69, 9.17) is 10.3 Å². The molecule has 2 aliphatic rings. The van der Waals surface area contributed by atoms with Gasteiger partial charge in [-0.15, -0.1) is 0 Å². The molecule has 2 fully saturated rings. The number of azide groups is 1. The molecule has 9 heteroatoms. The SMILES string of the molecule is [N-]=[N+]=NCCCCCCCCCC1(CC(=O)N[C@H]2CCOC2=O)NN1. The van der Waals surface area contributed by atoms with E-state index in [0.29, 0.717) is 26.0 Å². The van der Waals surface area contributed by atoms with Crippen molar-refractivity contribution in [1.29, 1.82) is 0 Å². The monoisotopic (exact) mass is 352 g/mol. The molecule has 1 atom stereocenters. The summed E-state index contributed by atoms with van der Waals surface area (Å²) in [6.07, 6.45) is 9.58. The van der Waals surface area contributed by atoms with E-state index in [1.165, 1.54) is 19.3 Å². The Morgan fingerprint density at radius 1 is 1.24 bits per heavy atom. The fourth-order valence-electron chi connectivity index (χ4n) is 3.07. The molecule has 0 aromatic heterocycles. The van der Waals surface area contributed by atoms with Crippen LogP contribution in [0.3, 0.4) is 0 Å². The van der Waals surface area contributed by atoms with E-state index < -0.39 is 6.04 Å². The van der Waals surface area contributed by atoms with Crippen molar-refractivity contribution in [1.82, 2.24) is 16.2 Å². The van der Waals surface area contributed by atoms with Gasteiger partial charge in [0.05, 0.1) is 13.0 Å². The van der Waals surface area contributed by atoms with Gasteiger partial charge in [-0.2, -0.15) is 0 Å². The second kappa shape index (κ2) is 10.2. The summed E-state index contributed by atoms with van der Waals surface area (Å²) in [6, 6.07) is -0.484. The molecule has 1 amide bonds. The van der Waals surface area contributed by atoms with Crippen molar-refractivity contribution in [3.05, 3.63) is 10.4 Å². The van der Waals surface area contributed by atoms with Crippen molar-refractivity contribution in [3.63, 3.8) is 0 Å². The lowest BCUT2D eigenvalue weighted by Crippen LogP contribution is -2.40. The van der Waals surface area contributed by atoms with Crippen LogP contribution in [0.5, 0.6) is 0 Å². The van der Waals surface area contributed by atoms with Crippen molar-refractivity contribution in [3.8, 4) is 0 Å². The molecule has 9 nitrogen and oxygen atoms in total. The molecule has 0 unspecified atom stereocenters. The molecule has 2 saturated heterocycles. The minimum Gasteiger partial charge on any atom is -0.464 e. The number of hydrogen-bond donors (Lipinski definition) is 3. The molecule has 140 valence electrons. The molecule has 2 aliphatic heterocycles. The number of unbranched alkanes of at least 4 members (excludes halogenated alkanes) is 6. The van der Waals surface area contributed by atoms with Gasteiger partial charge in [-0.05, 0) is 18.4 Å². The summed E-state index contributed by atoms with van der Waals surface area (Å²) in [5.41, 5.74) is 14.0. The van der Waals surface area contributed by atoms with Gasteiger partial charge in [-0.3, -0.25) is 4.79 Å². The zero-order valence-electron chi connectivity index (χ0n) is 14.6. The van der Waals surface area contributed by atoms with Gasteiger partial charge in [0.15, 0.2) is 0 Å². The average molecular weight is 352 g/mol. The highest BCUT2D eigenvalue weighted by molar-refractivity contribution is 5.86. The van der Waals surface area contributed by atoms with Crippen molar-refractivity contribution in [2.45, 2.75) is 75.9 Å². The molecule has 0 bridgehead atoms. The van der Waals surface area contributed by atoms with Crippen LogP contribution in [0, 0.1) is 0 Å². The first-order valence-electron chi connectivity index (χ1n) is 9.16. The predicted octanol–water partition coefficient (Wildman–Crippen LogP) is 2.04. The maximum Gasteiger partial charge on any atom is 0.328 e. The number of carbonyl (C=O) groups is 2. The van der Waals surface area contributed by atoms with Crippen LogP contribution in [0.15, 0.2) is 5.11 Å². The van der Waals surface area contributed by atoms with Crippen molar-refractivity contribution >= 4 is 11.9 Å². The Kier molecular flexibility index (Phi) is 7.97. The Balaban J connectivity index is 1.48. The van der Waals surface area contributed by atoms with Gasteiger partial charge in [-0.25, -0.2) is 15.6 Å². The lowest BCUT2D eigenvalue weighted by atomic mass is 10.0. The molecule has 2 rings (SSSR count). The standard InChI is InChI=1S/C16H28N6O3/c17-22-18-10-7-5-3-1-2-4-6-9-16(20-21-16)12-14(23)19-13-8-11-25-15(13)24/h13,20-21H,1-12H2,(H,19,23)/t13-/m0/s1. The fourth-order valence-corrected chi connectivity index (χ4v) is 3.07. The van der Waals surface area contributed by atoms with Crippen LogP contribution < -0.4 is 16.2 Å². The molecule has 0 spiro atoms. The highest BCUT2D eigenvalue weighted by Crippen LogP contribution is 2.24. The molecule has 0 aliphatic carbocycles. The van der Waals surface area contributed by atoms with E-state index in [9.17, 15) is 9.59 Å². The van der Waals surface area contributed by atoms with Crippen LogP contribution in [0.2, 0.25) is 0 Å². The summed E-state index contributed by atoms with van der Waals surface area (Å²) in [7, 11) is 0. The van der Waals surface area contributed by atoms with E-state index in [-0.39, 0.29) is 17.5 Å². The third-order valence-corrected chi connectivity index (χ3v) is 4.64. The first-order chi connectivity index (χ1) is 12.2. The van der Waals surface area contributed by atoms with Crippen molar-refractivity contribution < 1.29 is 14.3 Å². The summed E-state index contributed by atoms with van der Waals surface area (Å²) in [6.45, 7) is 0.980. The molecule has 0 radical (unpaired) electrons. The average Bonchev–Trinajstić information content (AvgIpc) is 3.23. The number of ether oxygens (including phenoxy) is 1. The largest absolute Gasteiger partial charge is 0.464 e. The second-order valence-electron chi connectivity index (χ2n) is 6.76. The van der Waals surface area contributed by atoms with Crippen LogP contribution >= 0.6 is 0 Å². The van der Waals surface area contributed by atoms with Crippen LogP contribution in [-0.4, -0.2) is 36.7 Å². The van der Waals surface area contributed by atoms with Gasteiger partial charge in [-0.1, -0.05) is 43.6 Å². The Morgan fingerprint density at radius 3 is 2.52 bits per heavy atom. The summed E-state index contributed by atoms with van der Waals surface area (Å²) in [5.74, 6) is -0.458. The number of hydrazine groups is 1. The minimum atomic E-state index is -0.484. The minimum absolute atomic E-state index is 0.124. The summed E-state index contributed by atoms with van der Waals surface area (Å²) in [5, 5.41) is 6.26. The number of rotatable bonds is 13. The van der Waals surface area contributed by atoms with Crippen molar-refractivity contribution in [2.24, 2.45) is 5.11 Å². The quantitative estimate of drug-likeness (QED) is 0.116. The van der Waals surface area contributed by atoms with Crippen LogP contribution in [0.1, 0.15) is 64.2 Å². The predicted molar refractivity (Wildman–Crippen MR) is 92.1 cm³/mol. The smallest absolute Gasteiger partial charge is 0.328 e. The van der Waals surface area contributed by atoms with E-state index >= 15 is 0 Å². The van der Waals surface area contributed by atoms with Crippen LogP contribution in [0.4, 0.5) is 0 Å². The number of hydrogen-bond acceptors (Lipinski definition) is 6. The highest BCUT2D eigenvalue weighted by Gasteiger charge is 2.43. The van der Waals surface area contributed by atoms with E-state index in [2.05, 4.69) is 26.2 Å². The maximum absolute atomic E-state index is 12.1. The zero-order valence-corrected chi connectivity index (χ0v) is 14.6. The first kappa shape index (κ1) is 19.5. The zero-order chi connectivity index (χ0) is 18.0. The van der Waals surface area contributed by atoms with Gasteiger partial charge in [0.25, 0.3) is 0 Å². The lowest BCUT2D eigenvalue weighted by molar-refractivity contribution is -0.141. The molecule has 2 heterocycles. The summed E-state index contributed by atoms with van der Waals surface area (Å²) >= 11 is 0. The van der Waals surface area contributed by atoms with E-state index in [1.807, 2.05) is 0 Å². The molecule has 25 heavy (non-hydrogen) atoms. The second-order valence-corrected chi connectivity index (χ2v) is 6.76. The molecular formula is C16H28N6O3. The van der Waals surface area contributed by atoms with E-state index in [0.717, 1.165) is 32.1 Å². The van der Waals surface area contributed by atoms with Gasteiger partial charge < -0.3 is 10.1 Å². The Bertz CT molecular complexity index is 502. The van der Waals surface area contributed by atoms with E-state index in [1.54, 1.807) is 0 Å². The third-order valence-electron chi connectivity index (χ3n) is 4.64. The Hall–Kier alpha value is -1.83. The molecule has 0 saturated carbocycles. The van der Waals surface area contributed by atoms with Gasteiger partial charge in [0.2, 0.25) is 5.91 Å². The maximum atomic E-state index is 12.1. The lowest BCUT2D eigenvalue weighted by Gasteiger charge is -2.13. The fraction of sp³-hybridized carbons (Fsp3) is 0.875. The van der Waals surface area contributed by atoms with Gasteiger partial charge in [0.1, 0.15) is 11.7 Å².